The summed E-state index contributed by atoms with van der Waals surface area (Å²) in [6.45, 7) is 0. The molecule has 1 aliphatic carbocycles. The summed E-state index contributed by atoms with van der Waals surface area (Å²) in [5, 5.41) is 2.33. The van der Waals surface area contributed by atoms with Crippen LogP contribution in [0.4, 0.5) is 5.69 Å². The van der Waals surface area contributed by atoms with Crippen LogP contribution >= 0.6 is 0 Å². The molecule has 0 N–H and O–H groups in total. The molecule has 7 rings (SSSR count). The van der Waals surface area contributed by atoms with E-state index in [1.165, 1.54) is 38.8 Å². The maximum atomic E-state index is 6.20. The van der Waals surface area contributed by atoms with Crippen molar-refractivity contribution in [3.05, 3.63) is 113 Å². The molecule has 4 aromatic carbocycles. The zero-order valence-corrected chi connectivity index (χ0v) is 16.2. The molecule has 1 aromatic heterocycles. The minimum absolute atomic E-state index is 0.867. The van der Waals surface area contributed by atoms with Gasteiger partial charge in [-0.05, 0) is 40.5 Å². The standard InChI is InChI=1S/C28H17NO/c1-2-9-18-17(8-1)16-23-28(19-10-3-5-13-22(19)29-23)27(18)21-12-7-15-25-26(21)20-11-4-6-14-24(20)30-25/h1-15H,16H2. The lowest BCUT2D eigenvalue weighted by Crippen LogP contribution is -2.13. The molecule has 0 amide bonds. The molecule has 0 unspecified atom stereocenters. The number of nitrogens with zero attached hydrogens (tertiary/aromatic N) is 1. The summed E-state index contributed by atoms with van der Waals surface area (Å²) in [7, 11) is 0. The first kappa shape index (κ1) is 15.9. The van der Waals surface area contributed by atoms with Crippen LogP contribution < -0.4 is 0 Å². The van der Waals surface area contributed by atoms with Gasteiger partial charge in [0, 0.05) is 28.3 Å². The van der Waals surface area contributed by atoms with Crippen LogP contribution in [0.5, 0.6) is 0 Å². The molecule has 0 atom stereocenters. The van der Waals surface area contributed by atoms with Gasteiger partial charge in [-0.2, -0.15) is 0 Å². The van der Waals surface area contributed by atoms with E-state index in [-0.39, 0.29) is 0 Å². The quantitative estimate of drug-likeness (QED) is 0.301. The predicted molar refractivity (Wildman–Crippen MR) is 123 cm³/mol. The van der Waals surface area contributed by atoms with Gasteiger partial charge in [-0.3, -0.25) is 4.99 Å². The summed E-state index contributed by atoms with van der Waals surface area (Å²) in [5.74, 6) is 0. The molecule has 0 fully saturated rings. The molecule has 30 heavy (non-hydrogen) atoms. The average molecular weight is 383 g/mol. The van der Waals surface area contributed by atoms with E-state index in [4.69, 9.17) is 9.41 Å². The first-order chi connectivity index (χ1) is 14.9. The summed E-state index contributed by atoms with van der Waals surface area (Å²) in [6.07, 6.45) is 0.867. The second kappa shape index (κ2) is 5.80. The molecular weight excluding hydrogens is 366 g/mol. The lowest BCUT2D eigenvalue weighted by molar-refractivity contribution is 0.669. The normalized spacial score (nSPS) is 14.6. The smallest absolute Gasteiger partial charge is 0.136 e. The Labute approximate surface area is 173 Å². The van der Waals surface area contributed by atoms with Crippen LogP contribution in [0.3, 0.4) is 0 Å². The maximum absolute atomic E-state index is 6.20. The van der Waals surface area contributed by atoms with Crippen molar-refractivity contribution in [2.75, 3.05) is 0 Å². The van der Waals surface area contributed by atoms with E-state index in [1.807, 2.05) is 12.1 Å². The second-order valence-electron chi connectivity index (χ2n) is 7.94. The number of benzene rings is 4. The number of hydrogen-bond donors (Lipinski definition) is 0. The van der Waals surface area contributed by atoms with Gasteiger partial charge in [0.05, 0.1) is 11.4 Å². The molecule has 0 spiro atoms. The monoisotopic (exact) mass is 383 g/mol. The van der Waals surface area contributed by atoms with Crippen LogP contribution in [0.25, 0.3) is 33.1 Å². The maximum Gasteiger partial charge on any atom is 0.136 e. The molecule has 0 bridgehead atoms. The summed E-state index contributed by atoms with van der Waals surface area (Å²) in [5.41, 5.74) is 11.7. The molecule has 140 valence electrons. The van der Waals surface area contributed by atoms with E-state index >= 15 is 0 Å². The molecule has 2 nitrogen and oxygen atoms in total. The van der Waals surface area contributed by atoms with Crippen LogP contribution in [0.15, 0.2) is 100 Å². The Hall–Kier alpha value is -3.91. The fraction of sp³-hybridized carbons (Fsp3) is 0.0357. The minimum Gasteiger partial charge on any atom is -0.456 e. The molecule has 5 aromatic rings. The Morgan fingerprint density at radius 1 is 0.600 bits per heavy atom. The highest BCUT2D eigenvalue weighted by Gasteiger charge is 2.31. The van der Waals surface area contributed by atoms with Gasteiger partial charge < -0.3 is 4.42 Å². The van der Waals surface area contributed by atoms with E-state index in [2.05, 4.69) is 78.9 Å². The van der Waals surface area contributed by atoms with Gasteiger partial charge in [-0.15, -0.1) is 0 Å². The number of fused-ring (bicyclic) bond motifs is 7. The van der Waals surface area contributed by atoms with Crippen molar-refractivity contribution in [1.29, 1.82) is 0 Å². The van der Waals surface area contributed by atoms with E-state index in [0.717, 1.165) is 34.4 Å². The third kappa shape index (κ3) is 2.05. The summed E-state index contributed by atoms with van der Waals surface area (Å²) in [6, 6.07) is 31.9. The number of aliphatic imine (C=N–C) groups is 1. The Bertz CT molecular complexity index is 1560. The molecular formula is C28H17NO. The Balaban J connectivity index is 1.67. The van der Waals surface area contributed by atoms with Gasteiger partial charge in [0.15, 0.2) is 0 Å². The van der Waals surface area contributed by atoms with Crippen molar-refractivity contribution >= 4 is 44.5 Å². The zero-order valence-electron chi connectivity index (χ0n) is 16.2. The molecule has 2 heteroatoms. The van der Waals surface area contributed by atoms with E-state index in [0.29, 0.717) is 0 Å². The number of para-hydroxylation sites is 2. The van der Waals surface area contributed by atoms with Crippen LogP contribution in [-0.4, -0.2) is 5.71 Å². The number of furan rings is 1. The van der Waals surface area contributed by atoms with Crippen LogP contribution in [0.2, 0.25) is 0 Å². The van der Waals surface area contributed by atoms with Gasteiger partial charge in [-0.25, -0.2) is 0 Å². The summed E-state index contributed by atoms with van der Waals surface area (Å²) < 4.78 is 6.20. The average Bonchev–Trinajstić information content (AvgIpc) is 3.35. The van der Waals surface area contributed by atoms with E-state index in [9.17, 15) is 0 Å². The summed E-state index contributed by atoms with van der Waals surface area (Å²) in [4.78, 5) is 5.01. The summed E-state index contributed by atoms with van der Waals surface area (Å²) >= 11 is 0. The van der Waals surface area contributed by atoms with Crippen molar-refractivity contribution in [3.63, 3.8) is 0 Å². The van der Waals surface area contributed by atoms with Crippen molar-refractivity contribution in [2.24, 2.45) is 4.99 Å². The number of hydrogen-bond acceptors (Lipinski definition) is 2. The van der Waals surface area contributed by atoms with Gasteiger partial charge in [0.1, 0.15) is 11.2 Å². The SMILES string of the molecule is c1ccc2c(c1)CC1=Nc3ccccc3C1=C2c1cccc2oc3ccccc3c12. The fourth-order valence-electron chi connectivity index (χ4n) is 5.04. The van der Waals surface area contributed by atoms with Crippen LogP contribution in [0.1, 0.15) is 22.3 Å². The van der Waals surface area contributed by atoms with Gasteiger partial charge in [0.2, 0.25) is 0 Å². The third-order valence-electron chi connectivity index (χ3n) is 6.28. The van der Waals surface area contributed by atoms with E-state index < -0.39 is 0 Å². The highest BCUT2D eigenvalue weighted by molar-refractivity contribution is 6.39. The van der Waals surface area contributed by atoms with Crippen LogP contribution in [-0.2, 0) is 6.42 Å². The van der Waals surface area contributed by atoms with Crippen molar-refractivity contribution in [2.45, 2.75) is 6.42 Å². The molecule has 2 heterocycles. The second-order valence-corrected chi connectivity index (χ2v) is 7.94. The highest BCUT2D eigenvalue weighted by atomic mass is 16.3. The van der Waals surface area contributed by atoms with Gasteiger partial charge in [-0.1, -0.05) is 72.8 Å². The zero-order chi connectivity index (χ0) is 19.7. The Kier molecular flexibility index (Phi) is 3.09. The molecule has 0 radical (unpaired) electrons. The van der Waals surface area contributed by atoms with Crippen molar-refractivity contribution < 1.29 is 4.42 Å². The Morgan fingerprint density at radius 3 is 2.30 bits per heavy atom. The Morgan fingerprint density at radius 2 is 1.33 bits per heavy atom. The van der Waals surface area contributed by atoms with Gasteiger partial charge in [0.25, 0.3) is 0 Å². The van der Waals surface area contributed by atoms with E-state index in [1.54, 1.807) is 0 Å². The van der Waals surface area contributed by atoms with Crippen LogP contribution in [0, 0.1) is 0 Å². The minimum atomic E-state index is 0.867. The predicted octanol–water partition coefficient (Wildman–Crippen LogP) is 7.19. The molecule has 0 saturated carbocycles. The molecule has 2 aliphatic rings. The topological polar surface area (TPSA) is 25.5 Å². The van der Waals surface area contributed by atoms with Gasteiger partial charge >= 0.3 is 0 Å². The highest BCUT2D eigenvalue weighted by Crippen LogP contribution is 2.48. The van der Waals surface area contributed by atoms with Crippen molar-refractivity contribution in [3.8, 4) is 0 Å². The molecule has 1 aliphatic heterocycles. The number of allylic oxidation sites excluding steroid dienone is 1. The van der Waals surface area contributed by atoms with Crippen molar-refractivity contribution in [1.82, 2.24) is 0 Å². The lowest BCUT2D eigenvalue weighted by Gasteiger charge is -2.23. The largest absolute Gasteiger partial charge is 0.456 e. The number of rotatable bonds is 1. The fourth-order valence-corrected chi connectivity index (χ4v) is 5.04. The lowest BCUT2D eigenvalue weighted by atomic mass is 9.78. The first-order valence-electron chi connectivity index (χ1n) is 10.3. The first-order valence-corrected chi connectivity index (χ1v) is 10.3. The third-order valence-corrected chi connectivity index (χ3v) is 6.28. The molecule has 0 saturated heterocycles.